The molecule has 0 spiro atoms. The Labute approximate surface area is 166 Å². The number of benzene rings is 2. The molecule has 4 nitrogen and oxygen atoms in total. The molecular formula is C17H11ClF3IN4. The largest absolute Gasteiger partial charge is 0.421 e. The summed E-state index contributed by atoms with van der Waals surface area (Å²) in [6.45, 7) is 0. The predicted molar refractivity (Wildman–Crippen MR) is 104 cm³/mol. The van der Waals surface area contributed by atoms with Crippen LogP contribution in [-0.4, -0.2) is 9.97 Å². The van der Waals surface area contributed by atoms with E-state index in [1.165, 1.54) is 6.07 Å². The van der Waals surface area contributed by atoms with Crippen LogP contribution in [-0.2, 0) is 6.18 Å². The monoisotopic (exact) mass is 490 g/mol. The fraction of sp³-hybridized carbons (Fsp3) is 0.0588. The van der Waals surface area contributed by atoms with E-state index in [1.807, 2.05) is 12.1 Å². The first kappa shape index (κ1) is 18.7. The van der Waals surface area contributed by atoms with Crippen LogP contribution in [0.1, 0.15) is 5.56 Å². The smallest absolute Gasteiger partial charge is 0.340 e. The van der Waals surface area contributed by atoms with Gasteiger partial charge in [-0.25, -0.2) is 4.98 Å². The highest BCUT2D eigenvalue weighted by Crippen LogP contribution is 2.35. The van der Waals surface area contributed by atoms with Gasteiger partial charge in [0, 0.05) is 26.2 Å². The molecule has 134 valence electrons. The predicted octanol–water partition coefficient (Wildman–Crippen LogP) is 6.24. The summed E-state index contributed by atoms with van der Waals surface area (Å²) < 4.78 is 40.8. The average molecular weight is 491 g/mol. The van der Waals surface area contributed by atoms with Crippen LogP contribution in [0, 0.1) is 3.57 Å². The van der Waals surface area contributed by atoms with Gasteiger partial charge in [0.25, 0.3) is 0 Å². The van der Waals surface area contributed by atoms with Gasteiger partial charge in [-0.15, -0.1) is 0 Å². The van der Waals surface area contributed by atoms with Crippen LogP contribution >= 0.6 is 34.2 Å². The highest BCUT2D eigenvalue weighted by molar-refractivity contribution is 14.1. The molecule has 0 atom stereocenters. The third-order valence-electron chi connectivity index (χ3n) is 3.28. The van der Waals surface area contributed by atoms with E-state index in [0.29, 0.717) is 16.4 Å². The standard InChI is InChI=1S/C17H11ClF3IN4/c18-10-2-1-3-13(8-10)24-15-14(17(19,20)21)9-23-16(26-15)25-12-6-4-11(22)5-7-12/h1-9H,(H2,23,24,25,26). The van der Waals surface area contributed by atoms with Crippen LogP contribution in [0.25, 0.3) is 0 Å². The Bertz CT molecular complexity index is 917. The molecule has 0 unspecified atom stereocenters. The topological polar surface area (TPSA) is 49.8 Å². The Morgan fingerprint density at radius 2 is 1.69 bits per heavy atom. The van der Waals surface area contributed by atoms with Crippen LogP contribution in [0.5, 0.6) is 0 Å². The van der Waals surface area contributed by atoms with Gasteiger partial charge < -0.3 is 10.6 Å². The van der Waals surface area contributed by atoms with Crippen molar-refractivity contribution in [3.63, 3.8) is 0 Å². The van der Waals surface area contributed by atoms with Crippen LogP contribution in [0.3, 0.4) is 0 Å². The van der Waals surface area contributed by atoms with E-state index in [4.69, 9.17) is 11.6 Å². The van der Waals surface area contributed by atoms with Gasteiger partial charge in [0.1, 0.15) is 11.4 Å². The maximum Gasteiger partial charge on any atom is 0.421 e. The summed E-state index contributed by atoms with van der Waals surface area (Å²) in [7, 11) is 0. The highest BCUT2D eigenvalue weighted by Gasteiger charge is 2.35. The molecule has 2 N–H and O–H groups in total. The van der Waals surface area contributed by atoms with Gasteiger partial charge in [-0.05, 0) is 65.1 Å². The lowest BCUT2D eigenvalue weighted by molar-refractivity contribution is -0.137. The number of hydrogen-bond acceptors (Lipinski definition) is 4. The normalized spacial score (nSPS) is 11.3. The summed E-state index contributed by atoms with van der Waals surface area (Å²) in [5, 5.41) is 5.94. The lowest BCUT2D eigenvalue weighted by Gasteiger charge is -2.15. The van der Waals surface area contributed by atoms with E-state index in [2.05, 4.69) is 43.2 Å². The second-order valence-corrected chi connectivity index (χ2v) is 6.90. The summed E-state index contributed by atoms with van der Waals surface area (Å²) in [6.07, 6.45) is -3.85. The van der Waals surface area contributed by atoms with Gasteiger partial charge in [0.15, 0.2) is 0 Å². The summed E-state index contributed by atoms with van der Waals surface area (Å²) >= 11 is 8.04. The van der Waals surface area contributed by atoms with Crippen molar-refractivity contribution in [2.75, 3.05) is 10.6 Å². The Morgan fingerprint density at radius 3 is 2.35 bits per heavy atom. The molecule has 0 saturated heterocycles. The third kappa shape index (κ3) is 4.76. The maximum atomic E-state index is 13.3. The van der Waals surface area contributed by atoms with E-state index < -0.39 is 11.7 Å². The van der Waals surface area contributed by atoms with Gasteiger partial charge in [-0.3, -0.25) is 0 Å². The zero-order chi connectivity index (χ0) is 18.7. The third-order valence-corrected chi connectivity index (χ3v) is 4.24. The lowest BCUT2D eigenvalue weighted by Crippen LogP contribution is -2.12. The second-order valence-electron chi connectivity index (χ2n) is 5.22. The van der Waals surface area contributed by atoms with Gasteiger partial charge in [0.2, 0.25) is 5.95 Å². The van der Waals surface area contributed by atoms with Gasteiger partial charge in [-0.1, -0.05) is 17.7 Å². The lowest BCUT2D eigenvalue weighted by atomic mass is 10.2. The number of halogens is 5. The minimum Gasteiger partial charge on any atom is -0.340 e. The van der Waals surface area contributed by atoms with Crippen molar-refractivity contribution in [2.24, 2.45) is 0 Å². The van der Waals surface area contributed by atoms with E-state index in [-0.39, 0.29) is 11.8 Å². The molecule has 0 amide bonds. The SMILES string of the molecule is FC(F)(F)c1cnc(Nc2ccc(I)cc2)nc1Nc1cccc(Cl)c1. The van der Waals surface area contributed by atoms with E-state index >= 15 is 0 Å². The van der Waals surface area contributed by atoms with Crippen molar-refractivity contribution >= 4 is 57.3 Å². The van der Waals surface area contributed by atoms with Crippen molar-refractivity contribution < 1.29 is 13.2 Å². The molecular weight excluding hydrogens is 480 g/mol. The highest BCUT2D eigenvalue weighted by atomic mass is 127. The van der Waals surface area contributed by atoms with E-state index in [9.17, 15) is 13.2 Å². The molecule has 3 rings (SSSR count). The molecule has 9 heteroatoms. The van der Waals surface area contributed by atoms with Crippen molar-refractivity contribution in [3.05, 3.63) is 68.9 Å². The van der Waals surface area contributed by atoms with Crippen molar-refractivity contribution in [2.45, 2.75) is 6.18 Å². The van der Waals surface area contributed by atoms with Crippen molar-refractivity contribution in [1.82, 2.24) is 9.97 Å². The van der Waals surface area contributed by atoms with Gasteiger partial charge in [0.05, 0.1) is 0 Å². The summed E-state index contributed by atoms with van der Waals surface area (Å²) in [6, 6.07) is 13.7. The molecule has 1 aromatic heterocycles. The summed E-state index contributed by atoms with van der Waals surface area (Å²) in [5.74, 6) is -0.313. The number of alkyl halides is 3. The number of hydrogen-bond donors (Lipinski definition) is 2. The molecule has 0 aliphatic carbocycles. The number of aromatic nitrogens is 2. The number of rotatable bonds is 4. The van der Waals surface area contributed by atoms with Crippen LogP contribution in [0.2, 0.25) is 5.02 Å². The van der Waals surface area contributed by atoms with Gasteiger partial charge >= 0.3 is 6.18 Å². The molecule has 1 heterocycles. The van der Waals surface area contributed by atoms with Crippen molar-refractivity contribution in [1.29, 1.82) is 0 Å². The minimum atomic E-state index is -4.59. The van der Waals surface area contributed by atoms with Crippen LogP contribution < -0.4 is 10.6 Å². The zero-order valence-electron chi connectivity index (χ0n) is 13.0. The fourth-order valence-electron chi connectivity index (χ4n) is 2.11. The van der Waals surface area contributed by atoms with Crippen molar-refractivity contribution in [3.8, 4) is 0 Å². The Morgan fingerprint density at radius 1 is 0.962 bits per heavy atom. The molecule has 0 bridgehead atoms. The molecule has 26 heavy (non-hydrogen) atoms. The minimum absolute atomic E-state index is 0.0451. The quantitative estimate of drug-likeness (QED) is 0.425. The first-order valence-corrected chi connectivity index (χ1v) is 8.76. The summed E-state index contributed by atoms with van der Waals surface area (Å²) in [5.41, 5.74) is 0.0893. The van der Waals surface area contributed by atoms with Crippen LogP contribution in [0.4, 0.5) is 36.3 Å². The maximum absolute atomic E-state index is 13.3. The zero-order valence-corrected chi connectivity index (χ0v) is 15.9. The number of nitrogens with one attached hydrogen (secondary N) is 2. The molecule has 0 aliphatic heterocycles. The molecule has 0 radical (unpaired) electrons. The molecule has 2 aromatic carbocycles. The molecule has 0 aliphatic rings. The Balaban J connectivity index is 1.94. The molecule has 0 fully saturated rings. The average Bonchev–Trinajstić information content (AvgIpc) is 2.56. The second kappa shape index (κ2) is 7.67. The van der Waals surface area contributed by atoms with Gasteiger partial charge in [-0.2, -0.15) is 18.2 Å². The van der Waals surface area contributed by atoms with E-state index in [1.54, 1.807) is 30.3 Å². The molecule has 3 aromatic rings. The molecule has 0 saturated carbocycles. The fourth-order valence-corrected chi connectivity index (χ4v) is 2.66. The number of anilines is 4. The first-order valence-electron chi connectivity index (χ1n) is 7.31. The summed E-state index contributed by atoms with van der Waals surface area (Å²) in [4.78, 5) is 7.76. The Kier molecular flexibility index (Phi) is 5.52. The van der Waals surface area contributed by atoms with E-state index in [0.717, 1.165) is 9.77 Å². The Hall–Kier alpha value is -2.07. The number of nitrogens with zero attached hydrogens (tertiary/aromatic N) is 2. The van der Waals surface area contributed by atoms with Crippen LogP contribution in [0.15, 0.2) is 54.7 Å². The first-order chi connectivity index (χ1) is 12.3.